The third-order valence-corrected chi connectivity index (χ3v) is 5.03. The molecule has 0 aromatic heterocycles. The van der Waals surface area contributed by atoms with Gasteiger partial charge in [0, 0.05) is 24.2 Å². The molecule has 2 aromatic rings. The lowest BCUT2D eigenvalue weighted by Crippen LogP contribution is -2.44. The van der Waals surface area contributed by atoms with Crippen LogP contribution in [0.25, 0.3) is 0 Å². The summed E-state index contributed by atoms with van der Waals surface area (Å²) in [6.45, 7) is 4.54. The van der Waals surface area contributed by atoms with Gasteiger partial charge in [-0.15, -0.1) is 0 Å². The maximum Gasteiger partial charge on any atom is 0.269 e. The molecule has 0 unspecified atom stereocenters. The van der Waals surface area contributed by atoms with Gasteiger partial charge in [0.1, 0.15) is 0 Å². The van der Waals surface area contributed by atoms with E-state index in [1.807, 2.05) is 32.0 Å². The molecule has 1 aliphatic rings. The molecule has 1 fully saturated rings. The highest BCUT2D eigenvalue weighted by molar-refractivity contribution is 6.34. The number of aryl methyl sites for hydroxylation is 2. The number of nitrogens with zero attached hydrogens (tertiary/aromatic N) is 1. The SMILES string of the molecule is Cc1ccc(NCC(=O)NNC(=O)c2ccc(Cl)c(N3CCCC3=O)c2)c(C)c1. The maximum atomic E-state index is 12.4. The molecule has 1 saturated heterocycles. The second kappa shape index (κ2) is 8.96. The van der Waals surface area contributed by atoms with E-state index in [-0.39, 0.29) is 18.4 Å². The molecule has 1 heterocycles. The zero-order chi connectivity index (χ0) is 21.0. The van der Waals surface area contributed by atoms with E-state index in [2.05, 4.69) is 16.2 Å². The molecular formula is C21H23ClN4O3. The molecule has 0 atom stereocenters. The van der Waals surface area contributed by atoms with Crippen molar-refractivity contribution in [3.05, 3.63) is 58.1 Å². The summed E-state index contributed by atoms with van der Waals surface area (Å²) in [5, 5.41) is 3.44. The summed E-state index contributed by atoms with van der Waals surface area (Å²) in [6, 6.07) is 10.6. The topological polar surface area (TPSA) is 90.5 Å². The summed E-state index contributed by atoms with van der Waals surface area (Å²) in [7, 11) is 0. The Morgan fingerprint density at radius 2 is 1.90 bits per heavy atom. The number of amides is 3. The maximum absolute atomic E-state index is 12.4. The average Bonchev–Trinajstić information content (AvgIpc) is 3.11. The van der Waals surface area contributed by atoms with Gasteiger partial charge in [-0.3, -0.25) is 25.2 Å². The standard InChI is InChI=1S/C21H23ClN4O3/c1-13-5-8-17(14(2)10-13)23-12-19(27)24-25-21(29)15-6-7-16(22)18(11-15)26-9-3-4-20(26)28/h5-8,10-11,23H,3-4,9,12H2,1-2H3,(H,24,27)(H,25,29). The number of benzene rings is 2. The van der Waals surface area contributed by atoms with Gasteiger partial charge in [-0.1, -0.05) is 29.3 Å². The Labute approximate surface area is 174 Å². The summed E-state index contributed by atoms with van der Waals surface area (Å²) in [5.74, 6) is -0.896. The van der Waals surface area contributed by atoms with E-state index >= 15 is 0 Å². The minimum Gasteiger partial charge on any atom is -0.376 e. The van der Waals surface area contributed by atoms with Crippen molar-refractivity contribution < 1.29 is 14.4 Å². The molecule has 8 heteroatoms. The molecule has 0 bridgehead atoms. The number of carbonyl (C=O) groups is 3. The predicted octanol–water partition coefficient (Wildman–Crippen LogP) is 2.96. The van der Waals surface area contributed by atoms with E-state index in [1.54, 1.807) is 23.1 Å². The van der Waals surface area contributed by atoms with Gasteiger partial charge in [-0.2, -0.15) is 0 Å². The highest BCUT2D eigenvalue weighted by Gasteiger charge is 2.24. The summed E-state index contributed by atoms with van der Waals surface area (Å²) in [6.07, 6.45) is 1.23. The average molecular weight is 415 g/mol. The molecule has 0 radical (unpaired) electrons. The van der Waals surface area contributed by atoms with Crippen LogP contribution >= 0.6 is 11.6 Å². The quantitative estimate of drug-likeness (QED) is 0.656. The lowest BCUT2D eigenvalue weighted by atomic mass is 10.1. The molecule has 3 N–H and O–H groups in total. The first-order chi connectivity index (χ1) is 13.8. The van der Waals surface area contributed by atoms with Crippen LogP contribution in [-0.2, 0) is 9.59 Å². The van der Waals surface area contributed by atoms with Crippen molar-refractivity contribution in [1.29, 1.82) is 0 Å². The molecule has 1 aliphatic heterocycles. The minimum atomic E-state index is -0.491. The Hall–Kier alpha value is -3.06. The van der Waals surface area contributed by atoms with E-state index in [1.165, 1.54) is 0 Å². The van der Waals surface area contributed by atoms with Crippen LogP contribution in [0, 0.1) is 13.8 Å². The number of halogens is 1. The van der Waals surface area contributed by atoms with E-state index in [0.717, 1.165) is 23.2 Å². The second-order valence-corrected chi connectivity index (χ2v) is 7.40. The van der Waals surface area contributed by atoms with Crippen molar-refractivity contribution in [1.82, 2.24) is 10.9 Å². The Balaban J connectivity index is 1.56. The monoisotopic (exact) mass is 414 g/mol. The number of hydrazine groups is 1. The molecule has 2 aromatic carbocycles. The smallest absolute Gasteiger partial charge is 0.269 e. The molecular weight excluding hydrogens is 392 g/mol. The van der Waals surface area contributed by atoms with Crippen LogP contribution in [0.4, 0.5) is 11.4 Å². The van der Waals surface area contributed by atoms with Crippen LogP contribution in [-0.4, -0.2) is 30.8 Å². The Bertz CT molecular complexity index is 961. The van der Waals surface area contributed by atoms with Crippen LogP contribution in [0.15, 0.2) is 36.4 Å². The fraction of sp³-hybridized carbons (Fsp3) is 0.286. The number of hydrogen-bond donors (Lipinski definition) is 3. The van der Waals surface area contributed by atoms with Crippen LogP contribution in [0.1, 0.15) is 34.3 Å². The zero-order valence-corrected chi connectivity index (χ0v) is 17.1. The lowest BCUT2D eigenvalue weighted by Gasteiger charge is -2.18. The van der Waals surface area contributed by atoms with Crippen molar-refractivity contribution in [2.24, 2.45) is 0 Å². The summed E-state index contributed by atoms with van der Waals surface area (Å²) in [4.78, 5) is 38.0. The van der Waals surface area contributed by atoms with Crippen LogP contribution in [0.3, 0.4) is 0 Å². The van der Waals surface area contributed by atoms with E-state index in [4.69, 9.17) is 11.6 Å². The Morgan fingerprint density at radius 1 is 1.10 bits per heavy atom. The van der Waals surface area contributed by atoms with Crippen molar-refractivity contribution >= 4 is 40.7 Å². The van der Waals surface area contributed by atoms with Crippen LogP contribution in [0.2, 0.25) is 5.02 Å². The highest BCUT2D eigenvalue weighted by Crippen LogP contribution is 2.30. The van der Waals surface area contributed by atoms with Crippen LogP contribution < -0.4 is 21.1 Å². The van der Waals surface area contributed by atoms with Crippen LogP contribution in [0.5, 0.6) is 0 Å². The first-order valence-corrected chi connectivity index (χ1v) is 9.73. The van der Waals surface area contributed by atoms with E-state index < -0.39 is 5.91 Å². The fourth-order valence-corrected chi connectivity index (χ4v) is 3.41. The molecule has 0 aliphatic carbocycles. The zero-order valence-electron chi connectivity index (χ0n) is 16.3. The number of hydrogen-bond acceptors (Lipinski definition) is 4. The first kappa shape index (κ1) is 20.7. The van der Waals surface area contributed by atoms with Gasteiger partial charge in [0.15, 0.2) is 0 Å². The molecule has 29 heavy (non-hydrogen) atoms. The van der Waals surface area contributed by atoms with E-state index in [9.17, 15) is 14.4 Å². The number of rotatable bonds is 5. The first-order valence-electron chi connectivity index (χ1n) is 9.35. The van der Waals surface area contributed by atoms with Gasteiger partial charge in [0.25, 0.3) is 11.8 Å². The minimum absolute atomic E-state index is 0.0122. The second-order valence-electron chi connectivity index (χ2n) is 6.99. The summed E-state index contributed by atoms with van der Waals surface area (Å²) in [5.41, 5.74) is 8.60. The Kier molecular flexibility index (Phi) is 6.39. The fourth-order valence-electron chi connectivity index (χ4n) is 3.19. The predicted molar refractivity (Wildman–Crippen MR) is 113 cm³/mol. The van der Waals surface area contributed by atoms with Gasteiger partial charge in [-0.05, 0) is 50.1 Å². The molecule has 3 amide bonds. The van der Waals surface area contributed by atoms with Gasteiger partial charge < -0.3 is 10.2 Å². The van der Waals surface area contributed by atoms with Gasteiger partial charge in [0.05, 0.1) is 17.3 Å². The molecule has 152 valence electrons. The van der Waals surface area contributed by atoms with Crippen molar-refractivity contribution in [2.75, 3.05) is 23.3 Å². The van der Waals surface area contributed by atoms with E-state index in [0.29, 0.717) is 29.2 Å². The third kappa shape index (κ3) is 5.06. The summed E-state index contributed by atoms with van der Waals surface area (Å²) < 4.78 is 0. The highest BCUT2D eigenvalue weighted by atomic mass is 35.5. The number of anilines is 2. The Morgan fingerprint density at radius 3 is 2.59 bits per heavy atom. The summed E-state index contributed by atoms with van der Waals surface area (Å²) >= 11 is 6.19. The van der Waals surface area contributed by atoms with Gasteiger partial charge >= 0.3 is 0 Å². The van der Waals surface area contributed by atoms with Crippen molar-refractivity contribution in [2.45, 2.75) is 26.7 Å². The normalized spacial score (nSPS) is 13.3. The largest absolute Gasteiger partial charge is 0.376 e. The van der Waals surface area contributed by atoms with Gasteiger partial charge in [-0.25, -0.2) is 0 Å². The van der Waals surface area contributed by atoms with Crippen molar-refractivity contribution in [3.63, 3.8) is 0 Å². The molecule has 3 rings (SSSR count). The molecule has 7 nitrogen and oxygen atoms in total. The van der Waals surface area contributed by atoms with Crippen molar-refractivity contribution in [3.8, 4) is 0 Å². The molecule has 0 saturated carbocycles. The van der Waals surface area contributed by atoms with Gasteiger partial charge in [0.2, 0.25) is 5.91 Å². The third-order valence-electron chi connectivity index (χ3n) is 4.71. The number of carbonyl (C=O) groups excluding carboxylic acids is 3. The lowest BCUT2D eigenvalue weighted by molar-refractivity contribution is -0.120. The molecule has 0 spiro atoms. The number of nitrogens with one attached hydrogen (secondary N) is 3.